The SMILES string of the molecule is CC1(C)c2ccccc2-c2cccc(-c3ccc(N(c4ccccc4-c4cccc5c4sc4ccccc45)c4cccc5ccccc45)cc3)c21. The van der Waals surface area contributed by atoms with E-state index in [4.69, 9.17) is 0 Å². The summed E-state index contributed by atoms with van der Waals surface area (Å²) in [6.45, 7) is 4.73. The lowest BCUT2D eigenvalue weighted by molar-refractivity contribution is 0.662. The van der Waals surface area contributed by atoms with Crippen LogP contribution >= 0.6 is 11.3 Å². The van der Waals surface area contributed by atoms with Gasteiger partial charge in [-0.3, -0.25) is 0 Å². The zero-order chi connectivity index (χ0) is 34.1. The van der Waals surface area contributed by atoms with Crippen molar-refractivity contribution < 1.29 is 0 Å². The number of benzene rings is 8. The van der Waals surface area contributed by atoms with E-state index in [0.717, 1.165) is 17.1 Å². The van der Waals surface area contributed by atoms with Gasteiger partial charge in [-0.2, -0.15) is 0 Å². The van der Waals surface area contributed by atoms with Gasteiger partial charge in [-0.15, -0.1) is 11.3 Å². The maximum absolute atomic E-state index is 2.46. The van der Waals surface area contributed by atoms with Crippen molar-refractivity contribution in [2.75, 3.05) is 4.90 Å². The quantitative estimate of drug-likeness (QED) is 0.176. The number of fused-ring (bicyclic) bond motifs is 7. The van der Waals surface area contributed by atoms with E-state index >= 15 is 0 Å². The monoisotopic (exact) mass is 669 g/mol. The minimum absolute atomic E-state index is 0.0806. The van der Waals surface area contributed by atoms with Crippen LogP contribution in [0.3, 0.4) is 0 Å². The lowest BCUT2D eigenvalue weighted by Gasteiger charge is -2.29. The summed E-state index contributed by atoms with van der Waals surface area (Å²) in [7, 11) is 0. The Morgan fingerprint density at radius 1 is 0.431 bits per heavy atom. The maximum atomic E-state index is 2.46. The summed E-state index contributed by atoms with van der Waals surface area (Å²) < 4.78 is 2.64. The molecule has 1 aliphatic carbocycles. The largest absolute Gasteiger partial charge is 0.309 e. The molecule has 0 unspecified atom stereocenters. The van der Waals surface area contributed by atoms with Crippen LogP contribution in [0.25, 0.3) is 64.3 Å². The maximum Gasteiger partial charge on any atom is 0.0540 e. The zero-order valence-corrected chi connectivity index (χ0v) is 29.4. The van der Waals surface area contributed by atoms with E-state index in [1.807, 2.05) is 11.3 Å². The van der Waals surface area contributed by atoms with Crippen molar-refractivity contribution in [3.05, 3.63) is 187 Å². The van der Waals surface area contributed by atoms with Crippen molar-refractivity contribution >= 4 is 59.3 Å². The Kier molecular flexibility index (Phi) is 6.78. The summed E-state index contributed by atoms with van der Waals surface area (Å²) in [5.74, 6) is 0. The van der Waals surface area contributed by atoms with Crippen molar-refractivity contribution in [1.82, 2.24) is 0 Å². The van der Waals surface area contributed by atoms with Gasteiger partial charge in [0.1, 0.15) is 0 Å². The molecular formula is C49H35NS. The predicted molar refractivity (Wildman–Crippen MR) is 220 cm³/mol. The molecular weight excluding hydrogens is 635 g/mol. The van der Waals surface area contributed by atoms with E-state index in [0.29, 0.717) is 0 Å². The molecule has 1 aliphatic rings. The van der Waals surface area contributed by atoms with Gasteiger partial charge in [-0.1, -0.05) is 159 Å². The first-order valence-electron chi connectivity index (χ1n) is 17.7. The van der Waals surface area contributed by atoms with E-state index in [1.54, 1.807) is 0 Å². The van der Waals surface area contributed by atoms with Gasteiger partial charge in [0, 0.05) is 47.8 Å². The minimum atomic E-state index is -0.0806. The van der Waals surface area contributed by atoms with Crippen LogP contribution < -0.4 is 4.90 Å². The average molecular weight is 670 g/mol. The van der Waals surface area contributed by atoms with Crippen LogP contribution in [0.15, 0.2) is 176 Å². The molecule has 0 fully saturated rings. The first-order valence-corrected chi connectivity index (χ1v) is 18.5. The summed E-state index contributed by atoms with van der Waals surface area (Å²) in [6.07, 6.45) is 0. The van der Waals surface area contributed by atoms with E-state index in [9.17, 15) is 0 Å². The summed E-state index contributed by atoms with van der Waals surface area (Å²) in [5, 5.41) is 5.07. The molecule has 0 aliphatic heterocycles. The smallest absolute Gasteiger partial charge is 0.0540 e. The Balaban J connectivity index is 1.17. The summed E-state index contributed by atoms with van der Waals surface area (Å²) in [6, 6.07) is 64.8. The van der Waals surface area contributed by atoms with Crippen molar-refractivity contribution in [1.29, 1.82) is 0 Å². The zero-order valence-electron chi connectivity index (χ0n) is 28.6. The number of rotatable bonds is 5. The van der Waals surface area contributed by atoms with Crippen LogP contribution in [0.2, 0.25) is 0 Å². The minimum Gasteiger partial charge on any atom is -0.309 e. The molecule has 8 aromatic carbocycles. The number of nitrogens with zero attached hydrogens (tertiary/aromatic N) is 1. The molecule has 10 rings (SSSR count). The molecule has 1 heterocycles. The fraction of sp³-hybridized carbons (Fsp3) is 0.0612. The lowest BCUT2D eigenvalue weighted by atomic mass is 9.79. The second-order valence-electron chi connectivity index (χ2n) is 14.1. The second-order valence-corrected chi connectivity index (χ2v) is 15.1. The first-order chi connectivity index (χ1) is 25.1. The van der Waals surface area contributed by atoms with Crippen molar-refractivity contribution in [3.8, 4) is 33.4 Å². The highest BCUT2D eigenvalue weighted by molar-refractivity contribution is 7.26. The molecule has 0 bridgehead atoms. The van der Waals surface area contributed by atoms with Crippen LogP contribution in [0.5, 0.6) is 0 Å². The number of hydrogen-bond donors (Lipinski definition) is 0. The molecule has 1 nitrogen and oxygen atoms in total. The highest BCUT2D eigenvalue weighted by Crippen LogP contribution is 2.53. The second kappa shape index (κ2) is 11.6. The molecule has 2 heteroatoms. The molecule has 0 atom stereocenters. The van der Waals surface area contributed by atoms with E-state index in [1.165, 1.54) is 75.5 Å². The van der Waals surface area contributed by atoms with E-state index < -0.39 is 0 Å². The Hall–Kier alpha value is -5.96. The fourth-order valence-corrected chi connectivity index (χ4v) is 9.78. The third-order valence-corrected chi connectivity index (χ3v) is 12.1. The van der Waals surface area contributed by atoms with Crippen LogP contribution in [-0.2, 0) is 5.41 Å². The molecule has 0 spiro atoms. The molecule has 0 saturated carbocycles. The fourth-order valence-electron chi connectivity index (χ4n) is 8.55. The van der Waals surface area contributed by atoms with Gasteiger partial charge in [0.05, 0.1) is 11.4 Å². The normalized spacial score (nSPS) is 13.1. The Bertz CT molecular complexity index is 2780. The molecule has 242 valence electrons. The Labute approximate surface area is 302 Å². The van der Waals surface area contributed by atoms with Crippen LogP contribution in [-0.4, -0.2) is 0 Å². The third-order valence-electron chi connectivity index (χ3n) is 10.9. The van der Waals surface area contributed by atoms with E-state index in [-0.39, 0.29) is 5.41 Å². The summed E-state index contributed by atoms with van der Waals surface area (Å²) in [5.41, 5.74) is 13.9. The van der Waals surface area contributed by atoms with Gasteiger partial charge < -0.3 is 4.90 Å². The van der Waals surface area contributed by atoms with Gasteiger partial charge in [0.15, 0.2) is 0 Å². The van der Waals surface area contributed by atoms with Crippen molar-refractivity contribution in [2.24, 2.45) is 0 Å². The number of para-hydroxylation sites is 1. The number of anilines is 3. The highest BCUT2D eigenvalue weighted by Gasteiger charge is 2.37. The van der Waals surface area contributed by atoms with Crippen LogP contribution in [0.1, 0.15) is 25.0 Å². The standard InChI is InChI=1S/C49H35NS/c1-49(2)43-24-8-5-17-37(43)40-21-12-20-36(47(40)49)33-28-30-34(31-29-33)50(44-26-11-15-32-14-3-4-16-35(32)44)45-25-9-6-18-38(45)41-22-13-23-42-39-19-7-10-27-46(39)51-48(41)42/h3-31H,1-2H3. The van der Waals surface area contributed by atoms with Gasteiger partial charge in [0.2, 0.25) is 0 Å². The molecule has 0 saturated heterocycles. The van der Waals surface area contributed by atoms with Gasteiger partial charge in [-0.25, -0.2) is 0 Å². The number of hydrogen-bond acceptors (Lipinski definition) is 2. The highest BCUT2D eigenvalue weighted by atomic mass is 32.1. The van der Waals surface area contributed by atoms with Crippen molar-refractivity contribution in [2.45, 2.75) is 19.3 Å². The van der Waals surface area contributed by atoms with E-state index in [2.05, 4.69) is 195 Å². The Morgan fingerprint density at radius 3 is 1.90 bits per heavy atom. The molecule has 0 N–H and O–H groups in total. The topological polar surface area (TPSA) is 3.24 Å². The first kappa shape index (κ1) is 29.9. The average Bonchev–Trinajstić information content (AvgIpc) is 3.68. The van der Waals surface area contributed by atoms with Crippen LogP contribution in [0.4, 0.5) is 17.1 Å². The molecule has 1 aromatic heterocycles. The van der Waals surface area contributed by atoms with Crippen LogP contribution in [0, 0.1) is 0 Å². The van der Waals surface area contributed by atoms with Gasteiger partial charge in [-0.05, 0) is 69.1 Å². The van der Waals surface area contributed by atoms with Gasteiger partial charge >= 0.3 is 0 Å². The summed E-state index contributed by atoms with van der Waals surface area (Å²) >= 11 is 1.88. The molecule has 0 radical (unpaired) electrons. The Morgan fingerprint density at radius 2 is 1.02 bits per heavy atom. The molecule has 9 aromatic rings. The predicted octanol–water partition coefficient (Wildman–Crippen LogP) is 14.3. The molecule has 0 amide bonds. The third kappa shape index (κ3) is 4.60. The number of thiophene rings is 1. The summed E-state index contributed by atoms with van der Waals surface area (Å²) in [4.78, 5) is 2.46. The van der Waals surface area contributed by atoms with Gasteiger partial charge in [0.25, 0.3) is 0 Å². The lowest BCUT2D eigenvalue weighted by Crippen LogP contribution is -2.16. The molecule has 51 heavy (non-hydrogen) atoms. The van der Waals surface area contributed by atoms with Crippen molar-refractivity contribution in [3.63, 3.8) is 0 Å².